The quantitative estimate of drug-likeness (QED) is 0.380. The van der Waals surface area contributed by atoms with Crippen LogP contribution in [0, 0.1) is 13.8 Å². The molecule has 36 heavy (non-hydrogen) atoms. The van der Waals surface area contributed by atoms with Crippen LogP contribution in [-0.2, 0) is 21.6 Å². The zero-order valence-corrected chi connectivity index (χ0v) is 22.2. The summed E-state index contributed by atoms with van der Waals surface area (Å²) in [6.07, 6.45) is 3.13. The fourth-order valence-electron chi connectivity index (χ4n) is 4.22. The van der Waals surface area contributed by atoms with Gasteiger partial charge in [-0.05, 0) is 103 Å². The molecule has 1 heterocycles. The Morgan fingerprint density at radius 2 is 1.69 bits per heavy atom. The van der Waals surface area contributed by atoms with Gasteiger partial charge in [-0.1, -0.05) is 18.2 Å². The van der Waals surface area contributed by atoms with Gasteiger partial charge in [0.25, 0.3) is 5.91 Å². The van der Waals surface area contributed by atoms with Crippen molar-refractivity contribution >= 4 is 33.6 Å². The van der Waals surface area contributed by atoms with E-state index in [1.807, 2.05) is 28.6 Å². The Balaban J connectivity index is 1.42. The van der Waals surface area contributed by atoms with Crippen LogP contribution in [0.25, 0.3) is 11.1 Å². The first-order chi connectivity index (χ1) is 17.3. The number of rotatable bonds is 10. The number of carbonyl (C=O) groups is 1. The highest BCUT2D eigenvalue weighted by atomic mass is 32.2. The Kier molecular flexibility index (Phi) is 8.11. The molecule has 0 aliphatic carbocycles. The Morgan fingerprint density at radius 1 is 0.972 bits per heavy atom. The van der Waals surface area contributed by atoms with Gasteiger partial charge >= 0.3 is 10.2 Å². The number of thioether (sulfide) groups is 1. The van der Waals surface area contributed by atoms with Crippen molar-refractivity contribution < 1.29 is 22.7 Å². The van der Waals surface area contributed by atoms with Crippen LogP contribution in [0.15, 0.2) is 60.7 Å². The van der Waals surface area contributed by atoms with Crippen LogP contribution in [0.1, 0.15) is 23.1 Å². The molecule has 3 aromatic rings. The number of ether oxygens (including phenoxy) is 2. The molecule has 1 saturated heterocycles. The van der Waals surface area contributed by atoms with Gasteiger partial charge in [0.15, 0.2) is 0 Å². The molecule has 4 rings (SSSR count). The lowest BCUT2D eigenvalue weighted by atomic mass is 9.94. The lowest BCUT2D eigenvalue weighted by Gasteiger charge is -2.16. The molecule has 190 valence electrons. The van der Waals surface area contributed by atoms with Crippen molar-refractivity contribution in [1.82, 2.24) is 4.72 Å². The summed E-state index contributed by atoms with van der Waals surface area (Å²) in [5.74, 6) is 2.05. The topological polar surface area (TPSA) is 84.9 Å². The second-order valence-corrected chi connectivity index (χ2v) is 11.2. The minimum Gasteiger partial charge on any atom is -0.494 e. The molecule has 9 heteroatoms. The van der Waals surface area contributed by atoms with E-state index < -0.39 is 16.1 Å². The molecule has 3 aromatic carbocycles. The molecular formula is C27H30N2O5S2. The summed E-state index contributed by atoms with van der Waals surface area (Å²) in [6.45, 7) is 5.07. The molecule has 0 saturated carbocycles. The Bertz CT molecular complexity index is 1320. The van der Waals surface area contributed by atoms with Crippen molar-refractivity contribution in [3.05, 3.63) is 77.4 Å². The average Bonchev–Trinajstić information content (AvgIpc) is 3.12. The summed E-state index contributed by atoms with van der Waals surface area (Å²) in [6, 6.07) is 19.1. The van der Waals surface area contributed by atoms with Crippen LogP contribution in [0.2, 0.25) is 0 Å². The molecule has 0 aromatic heterocycles. The first-order valence-corrected chi connectivity index (χ1v) is 14.5. The Labute approximate surface area is 217 Å². The maximum Gasteiger partial charge on any atom is 0.326 e. The molecular weight excluding hydrogens is 496 g/mol. The lowest BCUT2D eigenvalue weighted by Crippen LogP contribution is -2.29. The van der Waals surface area contributed by atoms with E-state index in [2.05, 4.69) is 44.4 Å². The highest BCUT2D eigenvalue weighted by Crippen LogP contribution is 2.32. The molecule has 0 radical (unpaired) electrons. The summed E-state index contributed by atoms with van der Waals surface area (Å²) in [7, 11) is -3.82. The van der Waals surface area contributed by atoms with Gasteiger partial charge < -0.3 is 9.47 Å². The van der Waals surface area contributed by atoms with E-state index in [4.69, 9.17) is 9.47 Å². The molecule has 1 fully saturated rings. The van der Waals surface area contributed by atoms with Crippen LogP contribution < -0.4 is 18.5 Å². The highest BCUT2D eigenvalue weighted by Gasteiger charge is 2.33. The van der Waals surface area contributed by atoms with Crippen LogP contribution in [0.5, 0.6) is 11.5 Å². The number of nitrogens with zero attached hydrogens (tertiary/aromatic N) is 1. The summed E-state index contributed by atoms with van der Waals surface area (Å²) in [5, 5.41) is 0. The third kappa shape index (κ3) is 6.14. The highest BCUT2D eigenvalue weighted by molar-refractivity contribution is 7.98. The van der Waals surface area contributed by atoms with Gasteiger partial charge in [0.2, 0.25) is 0 Å². The van der Waals surface area contributed by atoms with Crippen molar-refractivity contribution in [3.63, 3.8) is 0 Å². The zero-order valence-electron chi connectivity index (χ0n) is 20.6. The maximum atomic E-state index is 12.0. The van der Waals surface area contributed by atoms with E-state index in [0.717, 1.165) is 51.1 Å². The van der Waals surface area contributed by atoms with Crippen molar-refractivity contribution in [2.75, 3.05) is 29.5 Å². The molecule has 1 aliphatic heterocycles. The van der Waals surface area contributed by atoms with E-state index >= 15 is 0 Å². The van der Waals surface area contributed by atoms with E-state index in [1.54, 1.807) is 24.3 Å². The van der Waals surface area contributed by atoms with Gasteiger partial charge in [-0.2, -0.15) is 20.2 Å². The van der Waals surface area contributed by atoms with E-state index in [-0.39, 0.29) is 6.54 Å². The van der Waals surface area contributed by atoms with E-state index in [1.165, 1.54) is 5.56 Å². The third-order valence-corrected chi connectivity index (χ3v) is 7.94. The first kappa shape index (κ1) is 25.9. The van der Waals surface area contributed by atoms with Crippen molar-refractivity contribution in [2.45, 2.75) is 26.9 Å². The van der Waals surface area contributed by atoms with E-state index in [0.29, 0.717) is 18.0 Å². The number of amides is 1. The Hall–Kier alpha value is -3.17. The summed E-state index contributed by atoms with van der Waals surface area (Å²) < 4.78 is 38.9. The largest absolute Gasteiger partial charge is 0.494 e. The van der Waals surface area contributed by atoms with Gasteiger partial charge in [-0.25, -0.2) is 9.03 Å². The van der Waals surface area contributed by atoms with Gasteiger partial charge in [-0.15, -0.1) is 0 Å². The van der Waals surface area contributed by atoms with Crippen LogP contribution >= 0.6 is 11.8 Å². The first-order valence-electron chi connectivity index (χ1n) is 11.7. The minimum absolute atomic E-state index is 0.223. The fraction of sp³-hybridized carbons (Fsp3) is 0.296. The molecule has 1 N–H and O–H groups in total. The monoisotopic (exact) mass is 526 g/mol. The molecule has 0 bridgehead atoms. The third-order valence-electron chi connectivity index (χ3n) is 5.83. The van der Waals surface area contributed by atoms with Crippen molar-refractivity contribution in [2.24, 2.45) is 0 Å². The maximum absolute atomic E-state index is 12.0. The van der Waals surface area contributed by atoms with Crippen LogP contribution in [0.4, 0.5) is 5.69 Å². The van der Waals surface area contributed by atoms with Crippen molar-refractivity contribution in [3.8, 4) is 22.6 Å². The number of hydrogen-bond acceptors (Lipinski definition) is 6. The number of nitrogens with one attached hydrogen (secondary N) is 1. The van der Waals surface area contributed by atoms with Crippen molar-refractivity contribution in [1.29, 1.82) is 0 Å². The fourth-order valence-corrected chi connectivity index (χ4v) is 5.78. The number of aryl methyl sites for hydroxylation is 2. The predicted molar refractivity (Wildman–Crippen MR) is 145 cm³/mol. The minimum atomic E-state index is -3.82. The summed E-state index contributed by atoms with van der Waals surface area (Å²) in [5.41, 5.74) is 6.05. The molecule has 7 nitrogen and oxygen atoms in total. The smallest absolute Gasteiger partial charge is 0.326 e. The molecule has 1 amide bonds. The average molecular weight is 527 g/mol. The summed E-state index contributed by atoms with van der Waals surface area (Å²) in [4.78, 5) is 11.5. The lowest BCUT2D eigenvalue weighted by molar-refractivity contribution is -0.117. The molecule has 0 unspecified atom stereocenters. The van der Waals surface area contributed by atoms with E-state index in [9.17, 15) is 13.2 Å². The molecule has 0 spiro atoms. The second-order valence-electron chi connectivity index (χ2n) is 8.65. The van der Waals surface area contributed by atoms with Crippen LogP contribution in [0.3, 0.4) is 0 Å². The number of carbonyl (C=O) groups excluding carboxylic acids is 1. The van der Waals surface area contributed by atoms with Gasteiger partial charge in [0.05, 0.1) is 12.3 Å². The number of anilines is 1. The summed E-state index contributed by atoms with van der Waals surface area (Å²) >= 11 is 1.82. The normalized spacial score (nSPS) is 14.5. The molecule has 0 atom stereocenters. The van der Waals surface area contributed by atoms with Crippen LogP contribution in [-0.4, -0.2) is 39.5 Å². The SMILES string of the molecule is CSCCCOc1cc(C)c(-c2cccc(COc3ccc(N4CC(=O)NS4(=O)=O)cc3)c2)c(C)c1. The number of hydrogen-bond donors (Lipinski definition) is 1. The Morgan fingerprint density at radius 3 is 2.33 bits per heavy atom. The standard InChI is InChI=1S/C27H30N2O5S2/c1-19-14-25(33-12-5-13-35-3)15-20(2)27(19)22-7-4-6-21(16-22)18-34-24-10-8-23(9-11-24)29-17-26(30)28-36(29,31)32/h4,6-11,14-16H,5,12-13,17-18H2,1-3H3,(H,28,30). The van der Waals surface area contributed by atoms with Gasteiger partial charge in [0.1, 0.15) is 24.7 Å². The predicted octanol–water partition coefficient (Wildman–Crippen LogP) is 4.86. The zero-order chi connectivity index (χ0) is 25.7. The second kappa shape index (κ2) is 11.3. The van der Waals surface area contributed by atoms with Gasteiger partial charge in [0, 0.05) is 0 Å². The molecule has 1 aliphatic rings. The number of benzene rings is 3. The van der Waals surface area contributed by atoms with Gasteiger partial charge in [-0.3, -0.25) is 4.79 Å².